The molecule has 1 aromatic rings. The van der Waals surface area contributed by atoms with E-state index in [2.05, 4.69) is 5.10 Å². The van der Waals surface area contributed by atoms with Gasteiger partial charge in [0.25, 0.3) is 0 Å². The van der Waals surface area contributed by atoms with E-state index in [0.29, 0.717) is 0 Å². The van der Waals surface area contributed by atoms with E-state index < -0.39 is 0 Å². The van der Waals surface area contributed by atoms with Crippen molar-refractivity contribution in [3.05, 3.63) is 17.5 Å². The van der Waals surface area contributed by atoms with E-state index in [9.17, 15) is 0 Å². The van der Waals surface area contributed by atoms with Gasteiger partial charge in [-0.3, -0.25) is 4.68 Å². The molecular formula is C9H15N3. The number of rotatable bonds is 2. The molecular weight excluding hydrogens is 150 g/mol. The number of aromatic nitrogens is 2. The van der Waals surface area contributed by atoms with Crippen molar-refractivity contribution in [3.8, 4) is 0 Å². The van der Waals surface area contributed by atoms with E-state index >= 15 is 0 Å². The number of hydrogen-bond donors (Lipinski definition) is 1. The number of aryl methyl sites for hydroxylation is 1. The maximum atomic E-state index is 5.84. The van der Waals surface area contributed by atoms with E-state index in [1.54, 1.807) is 0 Å². The standard InChI is InChI=1S/C9H15N3/c1-6(10)8-5-11-12(2)9(8)7-3-4-7/h5-7H,3-4,10H2,1-2H3. The zero-order chi connectivity index (χ0) is 8.72. The van der Waals surface area contributed by atoms with Gasteiger partial charge in [-0.1, -0.05) is 0 Å². The van der Waals surface area contributed by atoms with Gasteiger partial charge >= 0.3 is 0 Å². The second-order valence-electron chi connectivity index (χ2n) is 3.67. The highest BCUT2D eigenvalue weighted by Crippen LogP contribution is 2.42. The molecule has 2 N–H and O–H groups in total. The van der Waals surface area contributed by atoms with Crippen molar-refractivity contribution in [2.45, 2.75) is 31.7 Å². The number of nitrogens with two attached hydrogens (primary N) is 1. The van der Waals surface area contributed by atoms with Crippen LogP contribution in [0.25, 0.3) is 0 Å². The zero-order valence-electron chi connectivity index (χ0n) is 7.62. The molecule has 1 heterocycles. The summed E-state index contributed by atoms with van der Waals surface area (Å²) in [7, 11) is 2.00. The summed E-state index contributed by atoms with van der Waals surface area (Å²) < 4.78 is 1.97. The molecule has 0 saturated heterocycles. The van der Waals surface area contributed by atoms with Crippen LogP contribution in [0.2, 0.25) is 0 Å². The maximum Gasteiger partial charge on any atom is 0.0540 e. The Bertz CT molecular complexity index is 284. The van der Waals surface area contributed by atoms with Gasteiger partial charge in [0.1, 0.15) is 0 Å². The third kappa shape index (κ3) is 1.14. The Balaban J connectivity index is 2.39. The maximum absolute atomic E-state index is 5.84. The summed E-state index contributed by atoms with van der Waals surface area (Å²) in [5, 5.41) is 4.24. The normalized spacial score (nSPS) is 19.6. The highest BCUT2D eigenvalue weighted by molar-refractivity contribution is 5.27. The van der Waals surface area contributed by atoms with Crippen molar-refractivity contribution in [3.63, 3.8) is 0 Å². The zero-order valence-corrected chi connectivity index (χ0v) is 7.62. The van der Waals surface area contributed by atoms with E-state index in [0.717, 1.165) is 5.92 Å². The monoisotopic (exact) mass is 165 g/mol. The fourth-order valence-corrected chi connectivity index (χ4v) is 1.67. The summed E-state index contributed by atoms with van der Waals surface area (Å²) in [5.74, 6) is 0.735. The Morgan fingerprint density at radius 2 is 2.33 bits per heavy atom. The van der Waals surface area contributed by atoms with Crippen molar-refractivity contribution in [2.24, 2.45) is 12.8 Å². The summed E-state index contributed by atoms with van der Waals surface area (Å²) in [4.78, 5) is 0. The van der Waals surface area contributed by atoms with Crippen molar-refractivity contribution < 1.29 is 0 Å². The Morgan fingerprint density at radius 1 is 1.67 bits per heavy atom. The highest BCUT2D eigenvalue weighted by atomic mass is 15.3. The van der Waals surface area contributed by atoms with Crippen LogP contribution < -0.4 is 5.73 Å². The van der Waals surface area contributed by atoms with Gasteiger partial charge in [-0.2, -0.15) is 5.10 Å². The van der Waals surface area contributed by atoms with Crippen molar-refractivity contribution in [1.29, 1.82) is 0 Å². The molecule has 1 saturated carbocycles. The SMILES string of the molecule is CC(N)c1cnn(C)c1C1CC1. The van der Waals surface area contributed by atoms with Crippen LogP contribution in [0.3, 0.4) is 0 Å². The molecule has 1 aromatic heterocycles. The molecule has 0 bridgehead atoms. The second kappa shape index (κ2) is 2.59. The first kappa shape index (κ1) is 7.80. The smallest absolute Gasteiger partial charge is 0.0540 e. The molecule has 3 heteroatoms. The van der Waals surface area contributed by atoms with Gasteiger partial charge in [0, 0.05) is 30.3 Å². The highest BCUT2D eigenvalue weighted by Gasteiger charge is 2.29. The van der Waals surface area contributed by atoms with Crippen molar-refractivity contribution in [2.75, 3.05) is 0 Å². The Kier molecular flexibility index (Phi) is 1.68. The van der Waals surface area contributed by atoms with E-state index in [1.807, 2.05) is 24.9 Å². The third-order valence-electron chi connectivity index (χ3n) is 2.47. The molecule has 3 nitrogen and oxygen atoms in total. The fourth-order valence-electron chi connectivity index (χ4n) is 1.67. The summed E-state index contributed by atoms with van der Waals surface area (Å²) in [6.45, 7) is 2.02. The average Bonchev–Trinajstić information content (AvgIpc) is 2.75. The first-order chi connectivity index (χ1) is 5.70. The minimum atomic E-state index is 0.120. The van der Waals surface area contributed by atoms with E-state index in [1.165, 1.54) is 24.1 Å². The van der Waals surface area contributed by atoms with Gasteiger partial charge in [0.2, 0.25) is 0 Å². The molecule has 1 atom stereocenters. The van der Waals surface area contributed by atoms with Gasteiger partial charge in [-0.05, 0) is 19.8 Å². The minimum Gasteiger partial charge on any atom is -0.324 e. The van der Waals surface area contributed by atoms with Gasteiger partial charge in [-0.15, -0.1) is 0 Å². The molecule has 0 aromatic carbocycles. The summed E-state index contributed by atoms with van der Waals surface area (Å²) in [5.41, 5.74) is 8.41. The Morgan fingerprint density at radius 3 is 2.83 bits per heavy atom. The molecule has 0 amide bonds. The third-order valence-corrected chi connectivity index (χ3v) is 2.47. The molecule has 66 valence electrons. The van der Waals surface area contributed by atoms with Crippen LogP contribution in [0.4, 0.5) is 0 Å². The molecule has 1 aliphatic rings. The lowest BCUT2D eigenvalue weighted by Crippen LogP contribution is -2.08. The molecule has 1 aliphatic carbocycles. The van der Waals surface area contributed by atoms with Crippen molar-refractivity contribution >= 4 is 0 Å². The average molecular weight is 165 g/mol. The minimum absolute atomic E-state index is 0.120. The molecule has 1 unspecified atom stereocenters. The van der Waals surface area contributed by atoms with Gasteiger partial charge < -0.3 is 5.73 Å². The van der Waals surface area contributed by atoms with Crippen LogP contribution in [-0.4, -0.2) is 9.78 Å². The lowest BCUT2D eigenvalue weighted by molar-refractivity contribution is 0.701. The Labute approximate surface area is 72.6 Å². The predicted molar refractivity (Wildman–Crippen MR) is 47.8 cm³/mol. The van der Waals surface area contributed by atoms with Crippen LogP contribution in [-0.2, 0) is 7.05 Å². The van der Waals surface area contributed by atoms with E-state index in [-0.39, 0.29) is 6.04 Å². The topological polar surface area (TPSA) is 43.8 Å². The molecule has 0 spiro atoms. The first-order valence-electron chi connectivity index (χ1n) is 4.47. The lowest BCUT2D eigenvalue weighted by atomic mass is 10.1. The summed E-state index contributed by atoms with van der Waals surface area (Å²) >= 11 is 0. The molecule has 0 radical (unpaired) electrons. The molecule has 2 rings (SSSR count). The molecule has 12 heavy (non-hydrogen) atoms. The van der Waals surface area contributed by atoms with Crippen LogP contribution >= 0.6 is 0 Å². The molecule has 1 fully saturated rings. The van der Waals surface area contributed by atoms with Gasteiger partial charge in [0.05, 0.1) is 6.20 Å². The summed E-state index contributed by atoms with van der Waals surface area (Å²) in [6.07, 6.45) is 4.51. The van der Waals surface area contributed by atoms with Crippen LogP contribution in [0, 0.1) is 0 Å². The first-order valence-corrected chi connectivity index (χ1v) is 4.47. The van der Waals surface area contributed by atoms with Crippen LogP contribution in [0.1, 0.15) is 43.0 Å². The number of hydrogen-bond acceptors (Lipinski definition) is 2. The molecule has 0 aliphatic heterocycles. The van der Waals surface area contributed by atoms with Crippen LogP contribution in [0.5, 0.6) is 0 Å². The van der Waals surface area contributed by atoms with Gasteiger partial charge in [0.15, 0.2) is 0 Å². The largest absolute Gasteiger partial charge is 0.324 e. The quantitative estimate of drug-likeness (QED) is 0.718. The lowest BCUT2D eigenvalue weighted by Gasteiger charge is -2.06. The fraction of sp³-hybridized carbons (Fsp3) is 0.667. The van der Waals surface area contributed by atoms with Gasteiger partial charge in [-0.25, -0.2) is 0 Å². The summed E-state index contributed by atoms with van der Waals surface area (Å²) in [6, 6.07) is 0.120. The van der Waals surface area contributed by atoms with Crippen molar-refractivity contribution in [1.82, 2.24) is 9.78 Å². The van der Waals surface area contributed by atoms with E-state index in [4.69, 9.17) is 5.73 Å². The second-order valence-corrected chi connectivity index (χ2v) is 3.67. The van der Waals surface area contributed by atoms with Crippen LogP contribution in [0.15, 0.2) is 6.20 Å². The predicted octanol–water partition coefficient (Wildman–Crippen LogP) is 1.32. The Hall–Kier alpha value is -0.830. The number of nitrogens with zero attached hydrogens (tertiary/aromatic N) is 2.